The highest BCUT2D eigenvalue weighted by molar-refractivity contribution is 6.01. The van der Waals surface area contributed by atoms with Crippen molar-refractivity contribution in [2.75, 3.05) is 7.11 Å². The van der Waals surface area contributed by atoms with Crippen LogP contribution in [0.4, 0.5) is 0 Å². The number of carbonyl (C=O) groups is 1. The highest BCUT2D eigenvalue weighted by atomic mass is 16.5. The zero-order chi connectivity index (χ0) is 12.8. The molecule has 1 saturated carbocycles. The van der Waals surface area contributed by atoms with E-state index in [-0.39, 0.29) is 11.3 Å². The maximum absolute atomic E-state index is 12.6. The molecule has 0 heterocycles. The lowest BCUT2D eigenvalue weighted by Gasteiger charge is -2.44. The van der Waals surface area contributed by atoms with Gasteiger partial charge in [-0.25, -0.2) is 0 Å². The normalized spacial score (nSPS) is 30.6. The molecule has 0 aromatic heterocycles. The quantitative estimate of drug-likeness (QED) is 0.754. The van der Waals surface area contributed by atoms with E-state index in [1.807, 2.05) is 18.2 Å². The fourth-order valence-corrected chi connectivity index (χ4v) is 3.77. The van der Waals surface area contributed by atoms with Crippen LogP contribution in [-0.4, -0.2) is 12.9 Å². The number of methoxy groups -OCH3 is 1. The average Bonchev–Trinajstić information content (AvgIpc) is 2.37. The summed E-state index contributed by atoms with van der Waals surface area (Å²) < 4.78 is 5.27. The molecule has 0 radical (unpaired) electrons. The Morgan fingerprint density at radius 1 is 1.33 bits per heavy atom. The molecule has 2 aliphatic carbocycles. The summed E-state index contributed by atoms with van der Waals surface area (Å²) >= 11 is 0. The van der Waals surface area contributed by atoms with Crippen molar-refractivity contribution in [2.24, 2.45) is 11.3 Å². The largest absolute Gasteiger partial charge is 0.497 e. The second-order valence-electron chi connectivity index (χ2n) is 6.02. The molecule has 2 heteroatoms. The fourth-order valence-electron chi connectivity index (χ4n) is 3.77. The van der Waals surface area contributed by atoms with Gasteiger partial charge in [-0.15, -0.1) is 0 Å². The lowest BCUT2D eigenvalue weighted by Crippen LogP contribution is -2.42. The molecule has 2 aliphatic rings. The molecular weight excluding hydrogens is 224 g/mol. The fraction of sp³-hybridized carbons (Fsp3) is 0.562. The molecular formula is C16H20O2. The number of carbonyl (C=O) groups excluding carboxylic acids is 1. The van der Waals surface area contributed by atoms with Crippen molar-refractivity contribution in [3.8, 4) is 5.75 Å². The van der Waals surface area contributed by atoms with Crippen molar-refractivity contribution in [1.29, 1.82) is 0 Å². The van der Waals surface area contributed by atoms with Crippen LogP contribution in [0.2, 0.25) is 0 Å². The first-order valence-electron chi connectivity index (χ1n) is 6.85. The summed E-state index contributed by atoms with van der Waals surface area (Å²) in [5.41, 5.74) is 2.29. The molecule has 2 nitrogen and oxygen atoms in total. The van der Waals surface area contributed by atoms with Gasteiger partial charge in [0.2, 0.25) is 0 Å². The third kappa shape index (κ3) is 1.66. The summed E-state index contributed by atoms with van der Waals surface area (Å²) in [5, 5.41) is 0. The third-order valence-electron chi connectivity index (χ3n) is 4.82. The molecule has 18 heavy (non-hydrogen) atoms. The Hall–Kier alpha value is -1.31. The van der Waals surface area contributed by atoms with E-state index < -0.39 is 0 Å². The summed E-state index contributed by atoms with van der Waals surface area (Å²) in [4.78, 5) is 12.6. The number of Topliss-reactive ketones (excluding diaryl/α,β-unsaturated/α-hetero) is 1. The Labute approximate surface area is 108 Å². The lowest BCUT2D eigenvalue weighted by molar-refractivity contribution is 0.0602. The first-order valence-corrected chi connectivity index (χ1v) is 6.85. The molecule has 0 aliphatic heterocycles. The summed E-state index contributed by atoms with van der Waals surface area (Å²) in [6, 6.07) is 5.90. The van der Waals surface area contributed by atoms with Crippen LogP contribution in [0.5, 0.6) is 5.75 Å². The van der Waals surface area contributed by atoms with Gasteiger partial charge in [-0.3, -0.25) is 4.79 Å². The van der Waals surface area contributed by atoms with E-state index in [0.29, 0.717) is 5.78 Å². The number of ketones is 1. The van der Waals surface area contributed by atoms with Gasteiger partial charge in [-0.05, 0) is 48.4 Å². The summed E-state index contributed by atoms with van der Waals surface area (Å²) in [7, 11) is 1.68. The average molecular weight is 244 g/mol. The lowest BCUT2D eigenvalue weighted by atomic mass is 9.59. The van der Waals surface area contributed by atoms with Crippen molar-refractivity contribution in [1.82, 2.24) is 0 Å². The third-order valence-corrected chi connectivity index (χ3v) is 4.82. The predicted octanol–water partition coefficient (Wildman–Crippen LogP) is 3.63. The van der Waals surface area contributed by atoms with Gasteiger partial charge in [-0.2, -0.15) is 0 Å². The minimum absolute atomic E-state index is 0.175. The minimum atomic E-state index is 0.175. The number of benzene rings is 1. The molecule has 1 aromatic carbocycles. The maximum Gasteiger partial charge on any atom is 0.166 e. The predicted molar refractivity (Wildman–Crippen MR) is 71.1 cm³/mol. The maximum atomic E-state index is 12.6. The van der Waals surface area contributed by atoms with Gasteiger partial charge in [0, 0.05) is 11.5 Å². The van der Waals surface area contributed by atoms with Crippen LogP contribution < -0.4 is 4.74 Å². The van der Waals surface area contributed by atoms with Crippen LogP contribution in [0.25, 0.3) is 0 Å². The number of ether oxygens (including phenoxy) is 1. The Bertz CT molecular complexity index is 492. The van der Waals surface area contributed by atoms with Crippen molar-refractivity contribution in [3.63, 3.8) is 0 Å². The molecule has 1 aromatic rings. The SMILES string of the molecule is COc1ccc2c(c1)C[C@]1(C)CCCC[C@H]1C2=O. The first kappa shape index (κ1) is 11.8. The Balaban J connectivity index is 2.06. The van der Waals surface area contributed by atoms with E-state index in [1.54, 1.807) is 7.11 Å². The zero-order valence-electron chi connectivity index (χ0n) is 11.2. The van der Waals surface area contributed by atoms with Gasteiger partial charge in [0.1, 0.15) is 5.75 Å². The molecule has 96 valence electrons. The Morgan fingerprint density at radius 3 is 2.94 bits per heavy atom. The highest BCUT2D eigenvalue weighted by Gasteiger charge is 2.45. The van der Waals surface area contributed by atoms with Crippen LogP contribution in [-0.2, 0) is 6.42 Å². The number of rotatable bonds is 1. The molecule has 1 fully saturated rings. The molecule has 0 bridgehead atoms. The Kier molecular flexibility index (Phi) is 2.69. The van der Waals surface area contributed by atoms with E-state index in [0.717, 1.165) is 24.2 Å². The van der Waals surface area contributed by atoms with Gasteiger partial charge in [0.25, 0.3) is 0 Å². The van der Waals surface area contributed by atoms with E-state index in [4.69, 9.17) is 4.74 Å². The standard InChI is InChI=1S/C16H20O2/c1-16-8-4-3-5-14(16)15(17)13-7-6-12(18-2)9-11(13)10-16/h6-7,9,14H,3-5,8,10H2,1-2H3/t14-,16-/m0/s1. The van der Waals surface area contributed by atoms with Crippen LogP contribution in [0.1, 0.15) is 48.5 Å². The number of hydrogen-bond donors (Lipinski definition) is 0. The zero-order valence-corrected chi connectivity index (χ0v) is 11.2. The summed E-state index contributed by atoms with van der Waals surface area (Å²) in [6.07, 6.45) is 5.74. The van der Waals surface area contributed by atoms with Crippen LogP contribution in [0, 0.1) is 11.3 Å². The summed E-state index contributed by atoms with van der Waals surface area (Å²) in [6.45, 7) is 2.29. The summed E-state index contributed by atoms with van der Waals surface area (Å²) in [5.74, 6) is 1.47. The van der Waals surface area contributed by atoms with E-state index in [2.05, 4.69) is 6.92 Å². The van der Waals surface area contributed by atoms with Crippen molar-refractivity contribution < 1.29 is 9.53 Å². The highest BCUT2D eigenvalue weighted by Crippen LogP contribution is 2.49. The first-order chi connectivity index (χ1) is 8.64. The van der Waals surface area contributed by atoms with Crippen LogP contribution in [0.15, 0.2) is 18.2 Å². The van der Waals surface area contributed by atoms with Crippen LogP contribution in [0.3, 0.4) is 0 Å². The topological polar surface area (TPSA) is 26.3 Å². The molecule has 0 amide bonds. The van der Waals surface area contributed by atoms with Gasteiger partial charge >= 0.3 is 0 Å². The molecule has 0 N–H and O–H groups in total. The molecule has 2 atom stereocenters. The Morgan fingerprint density at radius 2 is 2.17 bits per heavy atom. The van der Waals surface area contributed by atoms with Gasteiger partial charge in [0.05, 0.1) is 7.11 Å². The van der Waals surface area contributed by atoms with Gasteiger partial charge < -0.3 is 4.74 Å². The smallest absolute Gasteiger partial charge is 0.166 e. The van der Waals surface area contributed by atoms with E-state index in [1.165, 1.54) is 24.8 Å². The number of fused-ring (bicyclic) bond motifs is 2. The van der Waals surface area contributed by atoms with Crippen LogP contribution >= 0.6 is 0 Å². The van der Waals surface area contributed by atoms with Gasteiger partial charge in [0.15, 0.2) is 5.78 Å². The van der Waals surface area contributed by atoms with Crippen molar-refractivity contribution in [2.45, 2.75) is 39.0 Å². The van der Waals surface area contributed by atoms with Gasteiger partial charge in [-0.1, -0.05) is 19.8 Å². The molecule has 0 saturated heterocycles. The molecule has 0 unspecified atom stereocenters. The number of hydrogen-bond acceptors (Lipinski definition) is 2. The molecule has 3 rings (SSSR count). The van der Waals surface area contributed by atoms with E-state index in [9.17, 15) is 4.79 Å². The monoisotopic (exact) mass is 244 g/mol. The second kappa shape index (κ2) is 4.11. The molecule has 0 spiro atoms. The van der Waals surface area contributed by atoms with Crippen molar-refractivity contribution in [3.05, 3.63) is 29.3 Å². The minimum Gasteiger partial charge on any atom is -0.497 e. The van der Waals surface area contributed by atoms with E-state index >= 15 is 0 Å². The second-order valence-corrected chi connectivity index (χ2v) is 6.02. The van der Waals surface area contributed by atoms with Crippen molar-refractivity contribution >= 4 is 5.78 Å².